The average Bonchev–Trinajstić information content (AvgIpc) is 2.98. The molecular weight excluding hydrogens is 260 g/mol. The Labute approximate surface area is 114 Å². The lowest BCUT2D eigenvalue weighted by Gasteiger charge is -2.06. The number of aromatic nitrogens is 1. The second-order valence-corrected chi connectivity index (χ2v) is 4.52. The third-order valence-electron chi connectivity index (χ3n) is 2.39. The maximum absolute atomic E-state index is 11.6. The predicted molar refractivity (Wildman–Crippen MR) is 74.1 cm³/mol. The first-order valence-electron chi connectivity index (χ1n) is 5.70. The van der Waals surface area contributed by atoms with Crippen LogP contribution in [-0.4, -0.2) is 24.0 Å². The molecule has 2 aromatic heterocycles. The third kappa shape index (κ3) is 3.79. The van der Waals surface area contributed by atoms with E-state index in [-0.39, 0.29) is 5.91 Å². The SMILES string of the molecule is N#Cc1ccc(NCCNC(=O)c2ccsc2)nc1. The van der Waals surface area contributed by atoms with Gasteiger partial charge in [-0.2, -0.15) is 16.6 Å². The molecule has 19 heavy (non-hydrogen) atoms. The summed E-state index contributed by atoms with van der Waals surface area (Å²) in [6.45, 7) is 1.09. The Morgan fingerprint density at radius 1 is 1.37 bits per heavy atom. The second-order valence-electron chi connectivity index (χ2n) is 3.74. The number of carbonyl (C=O) groups excluding carboxylic acids is 1. The van der Waals surface area contributed by atoms with Crippen molar-refractivity contribution in [3.63, 3.8) is 0 Å². The van der Waals surface area contributed by atoms with Crippen LogP contribution in [0.5, 0.6) is 0 Å². The lowest BCUT2D eigenvalue weighted by atomic mass is 10.3. The summed E-state index contributed by atoms with van der Waals surface area (Å²) in [6.07, 6.45) is 1.51. The number of thiophene rings is 1. The van der Waals surface area contributed by atoms with Crippen molar-refractivity contribution < 1.29 is 4.79 Å². The minimum atomic E-state index is -0.0733. The van der Waals surface area contributed by atoms with E-state index in [2.05, 4.69) is 15.6 Å². The molecule has 0 aliphatic carbocycles. The molecule has 0 saturated carbocycles. The molecule has 96 valence electrons. The van der Waals surface area contributed by atoms with Gasteiger partial charge in [0.25, 0.3) is 5.91 Å². The highest BCUT2D eigenvalue weighted by molar-refractivity contribution is 7.08. The van der Waals surface area contributed by atoms with Crippen LogP contribution in [0.3, 0.4) is 0 Å². The molecule has 5 nitrogen and oxygen atoms in total. The molecule has 0 saturated heterocycles. The van der Waals surface area contributed by atoms with Gasteiger partial charge in [0.15, 0.2) is 0 Å². The number of nitriles is 1. The van der Waals surface area contributed by atoms with E-state index in [1.165, 1.54) is 17.5 Å². The van der Waals surface area contributed by atoms with Gasteiger partial charge in [0, 0.05) is 30.2 Å². The molecule has 0 spiro atoms. The number of hydrogen-bond acceptors (Lipinski definition) is 5. The molecule has 2 heterocycles. The molecule has 6 heteroatoms. The first kappa shape index (κ1) is 13.1. The van der Waals surface area contributed by atoms with Crippen LogP contribution >= 0.6 is 11.3 Å². The molecule has 1 amide bonds. The van der Waals surface area contributed by atoms with Gasteiger partial charge in [-0.1, -0.05) is 0 Å². The van der Waals surface area contributed by atoms with Crippen molar-refractivity contribution in [2.45, 2.75) is 0 Å². The van der Waals surface area contributed by atoms with Crippen LogP contribution < -0.4 is 10.6 Å². The molecule has 2 N–H and O–H groups in total. The fourth-order valence-electron chi connectivity index (χ4n) is 1.43. The molecular formula is C13H12N4OS. The minimum absolute atomic E-state index is 0.0733. The molecule has 0 radical (unpaired) electrons. The minimum Gasteiger partial charge on any atom is -0.368 e. The van der Waals surface area contributed by atoms with Crippen molar-refractivity contribution in [3.05, 3.63) is 46.3 Å². The van der Waals surface area contributed by atoms with Gasteiger partial charge in [-0.25, -0.2) is 4.98 Å². The zero-order valence-electron chi connectivity index (χ0n) is 10.1. The maximum Gasteiger partial charge on any atom is 0.252 e. The van der Waals surface area contributed by atoms with E-state index in [0.717, 1.165) is 0 Å². The van der Waals surface area contributed by atoms with Crippen molar-refractivity contribution in [1.82, 2.24) is 10.3 Å². The van der Waals surface area contributed by atoms with E-state index < -0.39 is 0 Å². The van der Waals surface area contributed by atoms with Gasteiger partial charge in [-0.3, -0.25) is 4.79 Å². The Bertz CT molecular complexity index is 572. The van der Waals surface area contributed by atoms with Crippen LogP contribution in [0.4, 0.5) is 5.82 Å². The van der Waals surface area contributed by atoms with Crippen LogP contribution in [0.25, 0.3) is 0 Å². The van der Waals surface area contributed by atoms with E-state index >= 15 is 0 Å². The fraction of sp³-hybridized carbons (Fsp3) is 0.154. The maximum atomic E-state index is 11.6. The Morgan fingerprint density at radius 2 is 2.26 bits per heavy atom. The summed E-state index contributed by atoms with van der Waals surface area (Å²) in [7, 11) is 0. The van der Waals surface area contributed by atoms with Crippen LogP contribution in [0, 0.1) is 11.3 Å². The van der Waals surface area contributed by atoms with Crippen LogP contribution in [-0.2, 0) is 0 Å². The van der Waals surface area contributed by atoms with Gasteiger partial charge in [0.05, 0.1) is 5.56 Å². The summed E-state index contributed by atoms with van der Waals surface area (Å²) in [4.78, 5) is 15.7. The lowest BCUT2D eigenvalue weighted by molar-refractivity contribution is 0.0955. The summed E-state index contributed by atoms with van der Waals surface area (Å²) in [6, 6.07) is 7.22. The number of nitrogens with zero attached hydrogens (tertiary/aromatic N) is 2. The van der Waals surface area contributed by atoms with E-state index in [0.29, 0.717) is 30.0 Å². The quantitative estimate of drug-likeness (QED) is 0.814. The van der Waals surface area contributed by atoms with Crippen LogP contribution in [0.2, 0.25) is 0 Å². The van der Waals surface area contributed by atoms with Gasteiger partial charge in [0.2, 0.25) is 0 Å². The number of amides is 1. The number of rotatable bonds is 5. The molecule has 0 aliphatic rings. The standard InChI is InChI=1S/C13H12N4OS/c14-7-10-1-2-12(17-8-10)15-4-5-16-13(18)11-3-6-19-9-11/h1-3,6,8-9H,4-5H2,(H,15,17)(H,16,18). The third-order valence-corrected chi connectivity index (χ3v) is 3.08. The summed E-state index contributed by atoms with van der Waals surface area (Å²) < 4.78 is 0. The highest BCUT2D eigenvalue weighted by Crippen LogP contribution is 2.05. The summed E-state index contributed by atoms with van der Waals surface area (Å²) in [5, 5.41) is 18.2. The Morgan fingerprint density at radius 3 is 2.89 bits per heavy atom. The van der Waals surface area contributed by atoms with E-state index in [4.69, 9.17) is 5.26 Å². The second kappa shape index (κ2) is 6.52. The van der Waals surface area contributed by atoms with Crippen molar-refractivity contribution in [1.29, 1.82) is 5.26 Å². The van der Waals surface area contributed by atoms with Crippen molar-refractivity contribution in [3.8, 4) is 6.07 Å². The predicted octanol–water partition coefficient (Wildman–Crippen LogP) is 1.86. The van der Waals surface area contributed by atoms with Crippen LogP contribution in [0.15, 0.2) is 35.2 Å². The molecule has 0 atom stereocenters. The van der Waals surface area contributed by atoms with E-state index in [1.807, 2.05) is 16.8 Å². The summed E-state index contributed by atoms with van der Waals surface area (Å²) in [5.41, 5.74) is 1.21. The zero-order valence-corrected chi connectivity index (χ0v) is 10.9. The molecule has 2 aromatic rings. The highest BCUT2D eigenvalue weighted by atomic mass is 32.1. The number of pyridine rings is 1. The summed E-state index contributed by atoms with van der Waals surface area (Å²) in [5.74, 6) is 0.611. The Balaban J connectivity index is 1.72. The Hall–Kier alpha value is -2.39. The van der Waals surface area contributed by atoms with Gasteiger partial charge < -0.3 is 10.6 Å². The topological polar surface area (TPSA) is 77.8 Å². The van der Waals surface area contributed by atoms with Crippen molar-refractivity contribution >= 4 is 23.1 Å². The molecule has 0 unspecified atom stereocenters. The number of hydrogen-bond donors (Lipinski definition) is 2. The highest BCUT2D eigenvalue weighted by Gasteiger charge is 2.03. The molecule has 0 fully saturated rings. The normalized spacial score (nSPS) is 9.63. The van der Waals surface area contributed by atoms with Gasteiger partial charge in [0.1, 0.15) is 11.9 Å². The average molecular weight is 272 g/mol. The number of nitrogens with one attached hydrogen (secondary N) is 2. The molecule has 0 bridgehead atoms. The fourth-order valence-corrected chi connectivity index (χ4v) is 2.06. The van der Waals surface area contributed by atoms with Crippen LogP contribution in [0.1, 0.15) is 15.9 Å². The number of carbonyl (C=O) groups is 1. The van der Waals surface area contributed by atoms with Gasteiger partial charge in [-0.05, 0) is 23.6 Å². The monoisotopic (exact) mass is 272 g/mol. The van der Waals surface area contributed by atoms with E-state index in [9.17, 15) is 4.79 Å². The zero-order chi connectivity index (χ0) is 13.5. The summed E-state index contributed by atoms with van der Waals surface area (Å²) >= 11 is 1.49. The molecule has 0 aliphatic heterocycles. The first-order valence-corrected chi connectivity index (χ1v) is 6.64. The Kier molecular flexibility index (Phi) is 4.48. The smallest absolute Gasteiger partial charge is 0.252 e. The van der Waals surface area contributed by atoms with E-state index in [1.54, 1.807) is 18.2 Å². The van der Waals surface area contributed by atoms with Gasteiger partial charge in [-0.15, -0.1) is 0 Å². The van der Waals surface area contributed by atoms with Crippen molar-refractivity contribution in [2.24, 2.45) is 0 Å². The largest absolute Gasteiger partial charge is 0.368 e. The van der Waals surface area contributed by atoms with Crippen molar-refractivity contribution in [2.75, 3.05) is 18.4 Å². The number of anilines is 1. The van der Waals surface area contributed by atoms with Gasteiger partial charge >= 0.3 is 0 Å². The lowest BCUT2D eigenvalue weighted by Crippen LogP contribution is -2.28. The molecule has 0 aromatic carbocycles. The first-order chi connectivity index (χ1) is 9.29. The molecule has 2 rings (SSSR count).